The van der Waals surface area contributed by atoms with E-state index in [1.54, 1.807) is 0 Å². The molecule has 112 valence electrons. The topological polar surface area (TPSA) is 12.0 Å². The molecular weight excluding hydrogens is 230 g/mol. The molecule has 0 aromatic heterocycles. The van der Waals surface area contributed by atoms with E-state index in [2.05, 4.69) is 19.2 Å². The van der Waals surface area contributed by atoms with Gasteiger partial charge in [0.2, 0.25) is 0 Å². The second-order valence-corrected chi connectivity index (χ2v) is 7.06. The normalized spacial score (nSPS) is 19.6. The van der Waals surface area contributed by atoms with Crippen LogP contribution in [0.25, 0.3) is 0 Å². The zero-order chi connectivity index (χ0) is 13.5. The summed E-state index contributed by atoms with van der Waals surface area (Å²) < 4.78 is 0. The van der Waals surface area contributed by atoms with E-state index in [9.17, 15) is 0 Å². The van der Waals surface area contributed by atoms with Gasteiger partial charge in [0.15, 0.2) is 0 Å². The highest BCUT2D eigenvalue weighted by Gasteiger charge is 2.41. The van der Waals surface area contributed by atoms with Gasteiger partial charge in [-0.3, -0.25) is 0 Å². The maximum atomic E-state index is 4.10. The Hall–Kier alpha value is -0.0400. The fraction of sp³-hybridized carbons (Fsp3) is 1.00. The molecule has 2 aliphatic rings. The van der Waals surface area contributed by atoms with Crippen molar-refractivity contribution in [2.75, 3.05) is 0 Å². The summed E-state index contributed by atoms with van der Waals surface area (Å²) in [6, 6.07) is 1.72. The van der Waals surface area contributed by atoms with Gasteiger partial charge in [-0.15, -0.1) is 0 Å². The molecule has 2 aliphatic carbocycles. The first-order chi connectivity index (χ1) is 9.35. The third-order valence-corrected chi connectivity index (χ3v) is 5.00. The molecule has 1 N–H and O–H groups in total. The van der Waals surface area contributed by atoms with Crippen LogP contribution in [0, 0.1) is 11.8 Å². The maximum Gasteiger partial charge on any atom is 0.0126 e. The van der Waals surface area contributed by atoms with E-state index in [0.29, 0.717) is 0 Å². The first kappa shape index (κ1) is 15.4. The van der Waals surface area contributed by atoms with Crippen LogP contribution in [0.15, 0.2) is 0 Å². The Bertz CT molecular complexity index is 208. The molecule has 2 rings (SSSR count). The Kier molecular flexibility index (Phi) is 6.70. The van der Waals surface area contributed by atoms with Gasteiger partial charge in [-0.1, -0.05) is 52.4 Å². The molecule has 0 radical (unpaired) electrons. The van der Waals surface area contributed by atoms with Crippen molar-refractivity contribution in [2.45, 2.75) is 103 Å². The molecule has 2 saturated carbocycles. The average molecular weight is 265 g/mol. The van der Waals surface area contributed by atoms with E-state index in [0.717, 1.165) is 23.9 Å². The Morgan fingerprint density at radius 3 is 1.63 bits per heavy atom. The summed E-state index contributed by atoms with van der Waals surface area (Å²) in [4.78, 5) is 0. The lowest BCUT2D eigenvalue weighted by molar-refractivity contribution is 0.324. The third-order valence-electron chi connectivity index (χ3n) is 5.00. The monoisotopic (exact) mass is 265 g/mol. The SMILES string of the molecule is CCCCCC(CCCCC)NC(C1CC1)C1CC1. The van der Waals surface area contributed by atoms with Crippen LogP contribution in [0.2, 0.25) is 0 Å². The van der Waals surface area contributed by atoms with E-state index in [4.69, 9.17) is 0 Å². The molecule has 0 spiro atoms. The van der Waals surface area contributed by atoms with Crippen molar-refractivity contribution in [2.24, 2.45) is 11.8 Å². The largest absolute Gasteiger partial charge is 0.311 e. The predicted octanol–water partition coefficient (Wildman–Crippen LogP) is 5.29. The van der Waals surface area contributed by atoms with Crippen molar-refractivity contribution >= 4 is 0 Å². The molecule has 2 fully saturated rings. The van der Waals surface area contributed by atoms with Crippen molar-refractivity contribution in [1.29, 1.82) is 0 Å². The van der Waals surface area contributed by atoms with Gasteiger partial charge in [-0.05, 0) is 50.4 Å². The third kappa shape index (κ3) is 5.85. The average Bonchev–Trinajstić information content (AvgIpc) is 3.29. The lowest BCUT2D eigenvalue weighted by Crippen LogP contribution is -2.41. The van der Waals surface area contributed by atoms with E-state index in [1.165, 1.54) is 77.0 Å². The first-order valence-corrected chi connectivity index (χ1v) is 9.11. The van der Waals surface area contributed by atoms with E-state index >= 15 is 0 Å². The molecule has 0 atom stereocenters. The summed E-state index contributed by atoms with van der Waals surface area (Å²) >= 11 is 0. The van der Waals surface area contributed by atoms with Crippen LogP contribution in [0.1, 0.15) is 90.9 Å². The molecule has 0 heterocycles. The zero-order valence-electron chi connectivity index (χ0n) is 13.3. The highest BCUT2D eigenvalue weighted by molar-refractivity contribution is 4.97. The summed E-state index contributed by atoms with van der Waals surface area (Å²) in [5, 5.41) is 4.10. The molecule has 0 saturated heterocycles. The standard InChI is InChI=1S/C18H35N/c1-3-5-7-9-17(10-8-6-4-2)19-18(15-11-12-15)16-13-14-16/h15-19H,3-14H2,1-2H3. The van der Waals surface area contributed by atoms with Crippen LogP contribution in [-0.4, -0.2) is 12.1 Å². The molecule has 0 amide bonds. The van der Waals surface area contributed by atoms with Crippen LogP contribution in [-0.2, 0) is 0 Å². The van der Waals surface area contributed by atoms with Gasteiger partial charge < -0.3 is 5.32 Å². The summed E-state index contributed by atoms with van der Waals surface area (Å²) in [5.74, 6) is 2.10. The molecular formula is C18H35N. The number of hydrogen-bond donors (Lipinski definition) is 1. The van der Waals surface area contributed by atoms with Crippen LogP contribution < -0.4 is 5.32 Å². The van der Waals surface area contributed by atoms with Crippen LogP contribution in [0.5, 0.6) is 0 Å². The fourth-order valence-electron chi connectivity index (χ4n) is 3.43. The van der Waals surface area contributed by atoms with Crippen molar-refractivity contribution in [1.82, 2.24) is 5.32 Å². The number of hydrogen-bond acceptors (Lipinski definition) is 1. The molecule has 0 bridgehead atoms. The van der Waals surface area contributed by atoms with Crippen LogP contribution in [0.3, 0.4) is 0 Å². The number of rotatable bonds is 12. The van der Waals surface area contributed by atoms with Gasteiger partial charge in [0.05, 0.1) is 0 Å². The molecule has 19 heavy (non-hydrogen) atoms. The van der Waals surface area contributed by atoms with E-state index in [-0.39, 0.29) is 0 Å². The van der Waals surface area contributed by atoms with E-state index in [1.807, 2.05) is 0 Å². The lowest BCUT2D eigenvalue weighted by Gasteiger charge is -2.26. The minimum Gasteiger partial charge on any atom is -0.311 e. The molecule has 1 heteroatoms. The number of nitrogens with one attached hydrogen (secondary N) is 1. The molecule has 0 aromatic carbocycles. The Morgan fingerprint density at radius 1 is 0.789 bits per heavy atom. The smallest absolute Gasteiger partial charge is 0.0126 e. The van der Waals surface area contributed by atoms with E-state index < -0.39 is 0 Å². The van der Waals surface area contributed by atoms with Gasteiger partial charge in [0.1, 0.15) is 0 Å². The van der Waals surface area contributed by atoms with Gasteiger partial charge in [0, 0.05) is 12.1 Å². The molecule has 1 nitrogen and oxygen atoms in total. The molecule has 0 unspecified atom stereocenters. The maximum absolute atomic E-state index is 4.10. The summed E-state index contributed by atoms with van der Waals surface area (Å²) in [7, 11) is 0. The Labute approximate surface area is 120 Å². The van der Waals surface area contributed by atoms with Gasteiger partial charge >= 0.3 is 0 Å². The van der Waals surface area contributed by atoms with Crippen LogP contribution in [0.4, 0.5) is 0 Å². The Balaban J connectivity index is 1.73. The van der Waals surface area contributed by atoms with Gasteiger partial charge in [-0.2, -0.15) is 0 Å². The van der Waals surface area contributed by atoms with Gasteiger partial charge in [0.25, 0.3) is 0 Å². The predicted molar refractivity (Wildman–Crippen MR) is 84.4 cm³/mol. The Morgan fingerprint density at radius 2 is 1.26 bits per heavy atom. The van der Waals surface area contributed by atoms with Crippen molar-refractivity contribution < 1.29 is 0 Å². The number of unbranched alkanes of at least 4 members (excludes halogenated alkanes) is 4. The quantitative estimate of drug-likeness (QED) is 0.472. The highest BCUT2D eigenvalue weighted by Crippen LogP contribution is 2.44. The minimum absolute atomic E-state index is 0.823. The second kappa shape index (κ2) is 8.29. The molecule has 0 aliphatic heterocycles. The zero-order valence-corrected chi connectivity index (χ0v) is 13.3. The highest BCUT2D eigenvalue weighted by atomic mass is 15.0. The molecule has 0 aromatic rings. The lowest BCUT2D eigenvalue weighted by atomic mass is 9.98. The van der Waals surface area contributed by atoms with Crippen molar-refractivity contribution in [3.8, 4) is 0 Å². The van der Waals surface area contributed by atoms with Crippen molar-refractivity contribution in [3.63, 3.8) is 0 Å². The fourth-order valence-corrected chi connectivity index (χ4v) is 3.43. The second-order valence-electron chi connectivity index (χ2n) is 7.06. The summed E-state index contributed by atoms with van der Waals surface area (Å²) in [6.45, 7) is 4.63. The summed E-state index contributed by atoms with van der Waals surface area (Å²) in [5.41, 5.74) is 0. The minimum atomic E-state index is 0.823. The van der Waals surface area contributed by atoms with Crippen molar-refractivity contribution in [3.05, 3.63) is 0 Å². The summed E-state index contributed by atoms with van der Waals surface area (Å²) in [6.07, 6.45) is 17.3. The first-order valence-electron chi connectivity index (χ1n) is 9.11. The van der Waals surface area contributed by atoms with Gasteiger partial charge in [-0.25, -0.2) is 0 Å². The van der Waals surface area contributed by atoms with Crippen LogP contribution >= 0.6 is 0 Å².